The van der Waals surface area contributed by atoms with Gasteiger partial charge in [-0.2, -0.15) is 0 Å². The zero-order chi connectivity index (χ0) is 23.2. The molecule has 2 aromatic rings. The Labute approximate surface area is 196 Å². The monoisotopic (exact) mass is 463 g/mol. The van der Waals surface area contributed by atoms with Gasteiger partial charge >= 0.3 is 0 Å². The minimum absolute atomic E-state index is 0.486. The minimum Gasteiger partial charge on any atom is -0.491 e. The summed E-state index contributed by atoms with van der Waals surface area (Å²) in [6, 6.07) is 17.4. The van der Waals surface area contributed by atoms with Crippen LogP contribution in [0.4, 0.5) is 5.69 Å². The second kappa shape index (κ2) is 19.3. The van der Waals surface area contributed by atoms with Crippen molar-refractivity contribution in [3.05, 3.63) is 60.2 Å². The maximum atomic E-state index is 5.63. The molecule has 0 aliphatic heterocycles. The summed E-state index contributed by atoms with van der Waals surface area (Å²) in [5.74, 6) is 0.779. The summed E-state index contributed by atoms with van der Waals surface area (Å²) < 4.78 is 38.4. The molecule has 0 aliphatic rings. The van der Waals surface area contributed by atoms with Crippen LogP contribution in [0.3, 0.4) is 0 Å². The van der Waals surface area contributed by atoms with Crippen molar-refractivity contribution in [3.63, 3.8) is 0 Å². The first kappa shape index (κ1) is 27.0. The Morgan fingerprint density at radius 2 is 0.879 bits per heavy atom. The molecule has 0 bridgehead atoms. The van der Waals surface area contributed by atoms with Crippen LogP contribution in [0.25, 0.3) is 0 Å². The van der Waals surface area contributed by atoms with E-state index < -0.39 is 0 Å². The molecular formula is C25H37NO7. The first-order valence-corrected chi connectivity index (χ1v) is 11.3. The molecule has 0 unspecified atom stereocenters. The number of hydrogen-bond donors (Lipinski definition) is 1. The first-order chi connectivity index (χ1) is 16.3. The predicted molar refractivity (Wildman–Crippen MR) is 127 cm³/mol. The predicted octanol–water partition coefficient (Wildman–Crippen LogP) is 2.95. The van der Waals surface area contributed by atoms with E-state index in [9.17, 15) is 0 Å². The van der Waals surface area contributed by atoms with E-state index in [2.05, 4.69) is 0 Å². The second-order valence-electron chi connectivity index (χ2n) is 7.02. The van der Waals surface area contributed by atoms with Crippen LogP contribution in [-0.4, -0.2) is 79.3 Å². The first-order valence-electron chi connectivity index (χ1n) is 11.3. The van der Waals surface area contributed by atoms with Crippen molar-refractivity contribution in [2.75, 3.05) is 85.0 Å². The SMILES string of the molecule is Nc1ccc(OCCOCCOCCOCCOCCOCCOCc2ccccc2)cc1. The smallest absolute Gasteiger partial charge is 0.119 e. The van der Waals surface area contributed by atoms with Crippen molar-refractivity contribution in [3.8, 4) is 5.75 Å². The van der Waals surface area contributed by atoms with E-state index in [0.29, 0.717) is 91.6 Å². The van der Waals surface area contributed by atoms with Crippen molar-refractivity contribution < 1.29 is 33.2 Å². The molecule has 0 amide bonds. The normalized spacial score (nSPS) is 11.0. The van der Waals surface area contributed by atoms with Crippen LogP contribution in [0.15, 0.2) is 54.6 Å². The zero-order valence-electron chi connectivity index (χ0n) is 19.3. The van der Waals surface area contributed by atoms with Gasteiger partial charge in [0.25, 0.3) is 0 Å². The van der Waals surface area contributed by atoms with E-state index in [-0.39, 0.29) is 0 Å². The van der Waals surface area contributed by atoms with Crippen LogP contribution in [0.2, 0.25) is 0 Å². The molecule has 184 valence electrons. The third-order valence-corrected chi connectivity index (χ3v) is 4.35. The van der Waals surface area contributed by atoms with Gasteiger partial charge < -0.3 is 38.9 Å². The summed E-state index contributed by atoms with van der Waals surface area (Å²) in [6.07, 6.45) is 0. The highest BCUT2D eigenvalue weighted by atomic mass is 16.6. The van der Waals surface area contributed by atoms with Crippen LogP contribution < -0.4 is 10.5 Å². The van der Waals surface area contributed by atoms with E-state index >= 15 is 0 Å². The lowest BCUT2D eigenvalue weighted by Crippen LogP contribution is -2.14. The average molecular weight is 464 g/mol. The quantitative estimate of drug-likeness (QED) is 0.223. The molecule has 0 aromatic heterocycles. The fourth-order valence-corrected chi connectivity index (χ4v) is 2.65. The molecule has 0 radical (unpaired) electrons. The maximum Gasteiger partial charge on any atom is 0.119 e. The summed E-state index contributed by atoms with van der Waals surface area (Å²) in [6.45, 7) is 6.97. The standard InChI is InChI=1S/C25H37NO7/c26-24-6-8-25(9-7-24)33-21-20-31-17-16-29-13-12-27-10-11-28-14-15-30-18-19-32-22-23-4-2-1-3-5-23/h1-9H,10-22,26H2. The molecule has 33 heavy (non-hydrogen) atoms. The molecule has 0 saturated carbocycles. The van der Waals surface area contributed by atoms with Gasteiger partial charge in [0.1, 0.15) is 12.4 Å². The van der Waals surface area contributed by atoms with Gasteiger partial charge in [-0.25, -0.2) is 0 Å². The maximum absolute atomic E-state index is 5.63. The van der Waals surface area contributed by atoms with Crippen LogP contribution in [0.5, 0.6) is 5.75 Å². The van der Waals surface area contributed by atoms with E-state index in [0.717, 1.165) is 11.3 Å². The van der Waals surface area contributed by atoms with E-state index in [1.807, 2.05) is 42.5 Å². The lowest BCUT2D eigenvalue weighted by Gasteiger charge is -2.09. The number of ether oxygens (including phenoxy) is 7. The van der Waals surface area contributed by atoms with Crippen molar-refractivity contribution in [1.82, 2.24) is 0 Å². The average Bonchev–Trinajstić information content (AvgIpc) is 2.84. The zero-order valence-corrected chi connectivity index (χ0v) is 19.3. The van der Waals surface area contributed by atoms with Gasteiger partial charge in [-0.05, 0) is 29.8 Å². The van der Waals surface area contributed by atoms with Crippen molar-refractivity contribution >= 4 is 5.69 Å². The van der Waals surface area contributed by atoms with Gasteiger partial charge in [0, 0.05) is 5.69 Å². The fraction of sp³-hybridized carbons (Fsp3) is 0.520. The Hall–Kier alpha value is -2.20. The Bertz CT molecular complexity index is 685. The molecule has 0 fully saturated rings. The Morgan fingerprint density at radius 1 is 0.455 bits per heavy atom. The fourth-order valence-electron chi connectivity index (χ4n) is 2.65. The molecule has 0 aliphatic carbocycles. The third kappa shape index (κ3) is 15.3. The van der Waals surface area contributed by atoms with Crippen LogP contribution >= 0.6 is 0 Å². The number of nitrogen functional groups attached to an aromatic ring is 1. The molecule has 2 aromatic carbocycles. The topological polar surface area (TPSA) is 90.6 Å². The number of nitrogens with two attached hydrogens (primary N) is 1. The van der Waals surface area contributed by atoms with Gasteiger partial charge in [0.05, 0.1) is 79.3 Å². The van der Waals surface area contributed by atoms with Crippen molar-refractivity contribution in [2.24, 2.45) is 0 Å². The molecule has 0 heterocycles. The Kier molecular flexibility index (Phi) is 15.8. The summed E-state index contributed by atoms with van der Waals surface area (Å²) in [5, 5.41) is 0. The largest absolute Gasteiger partial charge is 0.491 e. The molecule has 8 heteroatoms. The highest BCUT2D eigenvalue weighted by Crippen LogP contribution is 2.12. The minimum atomic E-state index is 0.486. The van der Waals surface area contributed by atoms with E-state index in [1.54, 1.807) is 12.1 Å². The van der Waals surface area contributed by atoms with Gasteiger partial charge in [0.15, 0.2) is 0 Å². The van der Waals surface area contributed by atoms with Crippen LogP contribution in [-0.2, 0) is 35.0 Å². The Balaban J connectivity index is 1.22. The highest BCUT2D eigenvalue weighted by Gasteiger charge is 1.96. The lowest BCUT2D eigenvalue weighted by molar-refractivity contribution is -0.0186. The number of hydrogen-bond acceptors (Lipinski definition) is 8. The summed E-state index contributed by atoms with van der Waals surface area (Å²) in [7, 11) is 0. The number of anilines is 1. The van der Waals surface area contributed by atoms with Gasteiger partial charge in [0.2, 0.25) is 0 Å². The molecule has 2 N–H and O–H groups in total. The molecule has 0 atom stereocenters. The summed E-state index contributed by atoms with van der Waals surface area (Å²) in [5.41, 5.74) is 7.51. The van der Waals surface area contributed by atoms with Crippen molar-refractivity contribution in [2.45, 2.75) is 6.61 Å². The second-order valence-corrected chi connectivity index (χ2v) is 7.02. The molecular weight excluding hydrogens is 426 g/mol. The molecule has 0 spiro atoms. The van der Waals surface area contributed by atoms with Gasteiger partial charge in [-0.3, -0.25) is 0 Å². The molecule has 2 rings (SSSR count). The van der Waals surface area contributed by atoms with E-state index in [1.165, 1.54) is 0 Å². The van der Waals surface area contributed by atoms with E-state index in [4.69, 9.17) is 38.9 Å². The van der Waals surface area contributed by atoms with Crippen LogP contribution in [0, 0.1) is 0 Å². The van der Waals surface area contributed by atoms with Gasteiger partial charge in [-0.1, -0.05) is 30.3 Å². The summed E-state index contributed by atoms with van der Waals surface area (Å²) in [4.78, 5) is 0. The molecule has 0 saturated heterocycles. The van der Waals surface area contributed by atoms with Crippen LogP contribution in [0.1, 0.15) is 5.56 Å². The van der Waals surface area contributed by atoms with Crippen molar-refractivity contribution in [1.29, 1.82) is 0 Å². The highest BCUT2D eigenvalue weighted by molar-refractivity contribution is 5.41. The third-order valence-electron chi connectivity index (χ3n) is 4.35. The number of rotatable bonds is 21. The number of benzene rings is 2. The van der Waals surface area contributed by atoms with Gasteiger partial charge in [-0.15, -0.1) is 0 Å². The Morgan fingerprint density at radius 3 is 1.36 bits per heavy atom. The molecule has 8 nitrogen and oxygen atoms in total. The lowest BCUT2D eigenvalue weighted by atomic mass is 10.2. The summed E-state index contributed by atoms with van der Waals surface area (Å²) >= 11 is 0.